The highest BCUT2D eigenvalue weighted by Gasteiger charge is 2.29. The molecule has 10 heteroatoms. The molecule has 1 saturated heterocycles. The summed E-state index contributed by atoms with van der Waals surface area (Å²) in [5, 5.41) is 2.66. The lowest BCUT2D eigenvalue weighted by Gasteiger charge is -2.15. The maximum atomic E-state index is 12.3. The number of benzene rings is 1. The van der Waals surface area contributed by atoms with Crippen molar-refractivity contribution in [1.82, 2.24) is 4.90 Å². The van der Waals surface area contributed by atoms with Gasteiger partial charge in [-0.2, -0.15) is 13.2 Å². The highest BCUT2D eigenvalue weighted by atomic mass is 35.5. The zero-order valence-corrected chi connectivity index (χ0v) is 13.1. The fraction of sp³-hybridized carbons (Fsp3) is 0.429. The van der Waals surface area contributed by atoms with Crippen molar-refractivity contribution in [2.75, 3.05) is 31.6 Å². The van der Waals surface area contributed by atoms with Crippen molar-refractivity contribution in [3.8, 4) is 5.75 Å². The molecule has 0 radical (unpaired) electrons. The molecule has 1 aliphatic heterocycles. The van der Waals surface area contributed by atoms with Gasteiger partial charge in [0.1, 0.15) is 12.4 Å². The highest BCUT2D eigenvalue weighted by Crippen LogP contribution is 2.29. The largest absolute Gasteiger partial charge is 0.482 e. The van der Waals surface area contributed by atoms with Crippen molar-refractivity contribution in [1.29, 1.82) is 0 Å². The zero-order chi connectivity index (χ0) is 17.7. The molecule has 0 spiro atoms. The molecular formula is C14H14ClF3N2O4. The second kappa shape index (κ2) is 7.61. The van der Waals surface area contributed by atoms with E-state index in [0.29, 0.717) is 6.54 Å². The van der Waals surface area contributed by atoms with Gasteiger partial charge in [-0.15, -0.1) is 0 Å². The van der Waals surface area contributed by atoms with Gasteiger partial charge in [-0.05, 0) is 18.2 Å². The van der Waals surface area contributed by atoms with E-state index in [-0.39, 0.29) is 36.0 Å². The Kier molecular flexibility index (Phi) is 5.76. The Morgan fingerprint density at radius 2 is 2.17 bits per heavy atom. The van der Waals surface area contributed by atoms with Crippen LogP contribution in [0.15, 0.2) is 18.2 Å². The number of amides is 2. The molecule has 0 aliphatic carbocycles. The Balaban J connectivity index is 1.95. The van der Waals surface area contributed by atoms with Crippen LogP contribution >= 0.6 is 11.6 Å². The SMILES string of the molecule is O=C(CCN1CCOC1=O)Nc1cc(Cl)ccc1OCC(F)(F)F. The first-order valence-corrected chi connectivity index (χ1v) is 7.33. The van der Waals surface area contributed by atoms with Gasteiger partial charge in [-0.1, -0.05) is 11.6 Å². The van der Waals surface area contributed by atoms with E-state index in [2.05, 4.69) is 10.1 Å². The average Bonchev–Trinajstić information content (AvgIpc) is 2.88. The van der Waals surface area contributed by atoms with Crippen molar-refractivity contribution in [2.45, 2.75) is 12.6 Å². The van der Waals surface area contributed by atoms with E-state index in [1.807, 2.05) is 0 Å². The maximum absolute atomic E-state index is 12.3. The fourth-order valence-electron chi connectivity index (χ4n) is 1.96. The maximum Gasteiger partial charge on any atom is 0.422 e. The van der Waals surface area contributed by atoms with Gasteiger partial charge < -0.3 is 19.7 Å². The Morgan fingerprint density at radius 3 is 2.79 bits per heavy atom. The Bertz CT molecular complexity index is 625. The van der Waals surface area contributed by atoms with Crippen molar-refractivity contribution >= 4 is 29.3 Å². The van der Waals surface area contributed by atoms with Crippen molar-refractivity contribution < 1.29 is 32.2 Å². The number of carbonyl (C=O) groups is 2. The number of rotatable bonds is 6. The molecule has 0 saturated carbocycles. The first-order valence-electron chi connectivity index (χ1n) is 6.95. The zero-order valence-electron chi connectivity index (χ0n) is 12.4. The standard InChI is InChI=1S/C14H14ClF3N2O4/c15-9-1-2-11(24-8-14(16,17)18)10(7-9)19-12(21)3-4-20-5-6-23-13(20)22/h1-2,7H,3-6,8H2,(H,19,21). The first kappa shape index (κ1) is 18.2. The minimum absolute atomic E-state index is 0.0285. The van der Waals surface area contributed by atoms with Crippen LogP contribution in [0.25, 0.3) is 0 Å². The molecule has 0 bridgehead atoms. The number of alkyl halides is 3. The van der Waals surface area contributed by atoms with Crippen LogP contribution in [0.5, 0.6) is 5.75 Å². The molecular weight excluding hydrogens is 353 g/mol. The number of carbonyl (C=O) groups excluding carboxylic acids is 2. The number of halogens is 4. The van der Waals surface area contributed by atoms with Gasteiger partial charge in [0.2, 0.25) is 5.91 Å². The van der Waals surface area contributed by atoms with Gasteiger partial charge in [-0.25, -0.2) is 4.79 Å². The van der Waals surface area contributed by atoms with Gasteiger partial charge in [0.15, 0.2) is 6.61 Å². The third-order valence-electron chi connectivity index (χ3n) is 3.06. The summed E-state index contributed by atoms with van der Waals surface area (Å²) in [6, 6.07) is 3.87. The third kappa shape index (κ3) is 5.48. The van der Waals surface area contributed by atoms with Crippen LogP contribution in [0.3, 0.4) is 0 Å². The van der Waals surface area contributed by atoms with E-state index in [9.17, 15) is 22.8 Å². The summed E-state index contributed by atoms with van der Waals surface area (Å²) in [5.41, 5.74) is 0.0285. The molecule has 1 heterocycles. The minimum atomic E-state index is -4.50. The molecule has 24 heavy (non-hydrogen) atoms. The normalized spacial score (nSPS) is 14.5. The lowest BCUT2D eigenvalue weighted by molar-refractivity contribution is -0.153. The smallest absolute Gasteiger partial charge is 0.422 e. The summed E-state index contributed by atoms with van der Waals surface area (Å²) in [4.78, 5) is 24.5. The van der Waals surface area contributed by atoms with Crippen molar-refractivity contribution in [2.24, 2.45) is 0 Å². The predicted molar refractivity (Wildman–Crippen MR) is 79.2 cm³/mol. The molecule has 1 fully saturated rings. The number of anilines is 1. The van der Waals surface area contributed by atoms with Gasteiger partial charge in [0.05, 0.1) is 12.2 Å². The fourth-order valence-corrected chi connectivity index (χ4v) is 2.14. The van der Waals surface area contributed by atoms with Gasteiger partial charge in [-0.3, -0.25) is 4.79 Å². The van der Waals surface area contributed by atoms with Crippen LogP contribution in [0.4, 0.5) is 23.7 Å². The van der Waals surface area contributed by atoms with Crippen LogP contribution in [0.2, 0.25) is 5.02 Å². The summed E-state index contributed by atoms with van der Waals surface area (Å²) < 4.78 is 46.2. The van der Waals surface area contributed by atoms with Gasteiger partial charge in [0.25, 0.3) is 0 Å². The van der Waals surface area contributed by atoms with E-state index in [4.69, 9.17) is 16.3 Å². The average molecular weight is 367 g/mol. The summed E-state index contributed by atoms with van der Waals surface area (Å²) >= 11 is 5.79. The summed E-state index contributed by atoms with van der Waals surface area (Å²) in [7, 11) is 0. The number of nitrogens with zero attached hydrogens (tertiary/aromatic N) is 1. The second-order valence-corrected chi connectivity index (χ2v) is 5.38. The monoisotopic (exact) mass is 366 g/mol. The van der Waals surface area contributed by atoms with Crippen LogP contribution in [0, 0.1) is 0 Å². The number of nitrogens with one attached hydrogen (secondary N) is 1. The molecule has 0 atom stereocenters. The first-order chi connectivity index (χ1) is 11.2. The van der Waals surface area contributed by atoms with Crippen LogP contribution in [-0.2, 0) is 9.53 Å². The quantitative estimate of drug-likeness (QED) is 0.840. The van der Waals surface area contributed by atoms with Crippen molar-refractivity contribution in [3.63, 3.8) is 0 Å². The Hall–Kier alpha value is -2.16. The molecule has 1 aliphatic rings. The lowest BCUT2D eigenvalue weighted by atomic mass is 10.2. The van der Waals surface area contributed by atoms with Crippen LogP contribution in [-0.4, -0.2) is 49.4 Å². The topological polar surface area (TPSA) is 67.9 Å². The summed E-state index contributed by atoms with van der Waals surface area (Å²) in [5.74, 6) is -0.639. The third-order valence-corrected chi connectivity index (χ3v) is 3.30. The molecule has 0 aromatic heterocycles. The molecule has 6 nitrogen and oxygen atoms in total. The lowest BCUT2D eigenvalue weighted by Crippen LogP contribution is -2.28. The number of cyclic esters (lactones) is 1. The summed E-state index contributed by atoms with van der Waals surface area (Å²) in [6.07, 6.45) is -5.04. The molecule has 1 N–H and O–H groups in total. The molecule has 2 amide bonds. The second-order valence-electron chi connectivity index (χ2n) is 4.94. The van der Waals surface area contributed by atoms with E-state index >= 15 is 0 Å². The van der Waals surface area contributed by atoms with Crippen LogP contribution in [0.1, 0.15) is 6.42 Å². The molecule has 2 rings (SSSR count). The van der Waals surface area contributed by atoms with E-state index < -0.39 is 24.8 Å². The highest BCUT2D eigenvalue weighted by molar-refractivity contribution is 6.31. The van der Waals surface area contributed by atoms with E-state index in [1.165, 1.54) is 23.1 Å². The Morgan fingerprint density at radius 1 is 1.42 bits per heavy atom. The summed E-state index contributed by atoms with van der Waals surface area (Å²) in [6.45, 7) is -0.686. The molecule has 1 aromatic carbocycles. The molecule has 1 aromatic rings. The van der Waals surface area contributed by atoms with Gasteiger partial charge >= 0.3 is 12.3 Å². The Labute approximate surface area is 140 Å². The predicted octanol–water partition coefficient (Wildman–Crippen LogP) is 3.06. The van der Waals surface area contributed by atoms with Crippen LogP contribution < -0.4 is 10.1 Å². The molecule has 132 valence electrons. The number of ether oxygens (including phenoxy) is 2. The van der Waals surface area contributed by atoms with E-state index in [0.717, 1.165) is 0 Å². The number of hydrogen-bond donors (Lipinski definition) is 1. The van der Waals surface area contributed by atoms with Gasteiger partial charge in [0, 0.05) is 18.0 Å². The number of hydrogen-bond acceptors (Lipinski definition) is 4. The molecule has 0 unspecified atom stereocenters. The van der Waals surface area contributed by atoms with E-state index in [1.54, 1.807) is 0 Å². The van der Waals surface area contributed by atoms with Crippen molar-refractivity contribution in [3.05, 3.63) is 23.2 Å². The minimum Gasteiger partial charge on any atom is -0.482 e.